The van der Waals surface area contributed by atoms with Crippen molar-refractivity contribution in [2.45, 2.75) is 26.8 Å². The van der Waals surface area contributed by atoms with Gasteiger partial charge in [-0.25, -0.2) is 0 Å². The Morgan fingerprint density at radius 3 is 2.62 bits per heavy atom. The Hall–Kier alpha value is -0.580. The van der Waals surface area contributed by atoms with Gasteiger partial charge in [-0.2, -0.15) is 0 Å². The molecule has 90 valence electrons. The van der Waals surface area contributed by atoms with Gasteiger partial charge >= 0.3 is 0 Å². The first kappa shape index (κ1) is 13.5. The number of hydrogen-bond acceptors (Lipinski definition) is 3. The van der Waals surface area contributed by atoms with Crippen molar-refractivity contribution in [3.05, 3.63) is 20.8 Å². The van der Waals surface area contributed by atoms with Gasteiger partial charge in [-0.15, -0.1) is 11.3 Å². The van der Waals surface area contributed by atoms with Crippen molar-refractivity contribution >= 4 is 28.8 Å². The lowest BCUT2D eigenvalue weighted by Crippen LogP contribution is -2.40. The van der Waals surface area contributed by atoms with Crippen molar-refractivity contribution in [2.75, 3.05) is 6.61 Å². The molecule has 1 aromatic heterocycles. The van der Waals surface area contributed by atoms with Crippen LogP contribution in [-0.4, -0.2) is 23.7 Å². The molecule has 2 N–H and O–H groups in total. The number of aliphatic hydroxyl groups is 1. The maximum atomic E-state index is 11.9. The van der Waals surface area contributed by atoms with E-state index in [0.717, 1.165) is 5.56 Å². The zero-order chi connectivity index (χ0) is 12.3. The molecule has 0 aliphatic carbocycles. The van der Waals surface area contributed by atoms with E-state index in [9.17, 15) is 4.79 Å². The highest BCUT2D eigenvalue weighted by molar-refractivity contribution is 7.13. The molecular formula is C11H16ClNO2S. The molecule has 0 saturated carbocycles. The summed E-state index contributed by atoms with van der Waals surface area (Å²) in [7, 11) is 0. The average Bonchev–Trinajstić information content (AvgIpc) is 2.55. The molecule has 0 aliphatic rings. The first-order chi connectivity index (χ1) is 7.47. The number of nitrogens with one attached hydrogen (secondary N) is 1. The number of hydrogen-bond donors (Lipinski definition) is 2. The molecule has 0 aromatic carbocycles. The Morgan fingerprint density at radius 1 is 1.62 bits per heavy atom. The van der Waals surface area contributed by atoms with Crippen LogP contribution in [0.4, 0.5) is 0 Å². The molecule has 0 bridgehead atoms. The van der Waals surface area contributed by atoms with Gasteiger partial charge in [0.05, 0.1) is 17.7 Å². The molecule has 1 heterocycles. The number of aliphatic hydroxyl groups excluding tert-OH is 1. The lowest BCUT2D eigenvalue weighted by molar-refractivity contribution is 0.0901. The molecule has 1 amide bonds. The molecule has 0 fully saturated rings. The Labute approximate surface area is 104 Å². The highest BCUT2D eigenvalue weighted by atomic mass is 35.5. The van der Waals surface area contributed by atoms with Gasteiger partial charge in [-0.1, -0.05) is 25.4 Å². The summed E-state index contributed by atoms with van der Waals surface area (Å²) < 4.78 is 0. The van der Waals surface area contributed by atoms with Crippen LogP contribution in [0, 0.1) is 12.8 Å². The number of carbonyl (C=O) groups excluding carboxylic acids is 1. The molecule has 0 radical (unpaired) electrons. The van der Waals surface area contributed by atoms with Gasteiger partial charge in [0.2, 0.25) is 0 Å². The molecule has 3 nitrogen and oxygen atoms in total. The van der Waals surface area contributed by atoms with Crippen LogP contribution in [-0.2, 0) is 0 Å². The Balaban J connectivity index is 2.76. The van der Waals surface area contributed by atoms with Gasteiger partial charge in [0.25, 0.3) is 5.91 Å². The van der Waals surface area contributed by atoms with E-state index >= 15 is 0 Å². The van der Waals surface area contributed by atoms with E-state index in [1.54, 1.807) is 0 Å². The van der Waals surface area contributed by atoms with Gasteiger partial charge in [0, 0.05) is 0 Å². The number of thiophene rings is 1. The maximum absolute atomic E-state index is 11.9. The first-order valence-corrected chi connectivity index (χ1v) is 6.38. The van der Waals surface area contributed by atoms with Crippen LogP contribution in [0.15, 0.2) is 5.38 Å². The summed E-state index contributed by atoms with van der Waals surface area (Å²) in [5, 5.41) is 14.2. The van der Waals surface area contributed by atoms with E-state index in [0.29, 0.717) is 9.90 Å². The lowest BCUT2D eigenvalue weighted by atomic mass is 10.1. The second kappa shape index (κ2) is 5.66. The van der Waals surface area contributed by atoms with Crippen LogP contribution >= 0.6 is 22.9 Å². The average molecular weight is 262 g/mol. The highest BCUT2D eigenvalue weighted by Gasteiger charge is 2.19. The third kappa shape index (κ3) is 2.97. The summed E-state index contributed by atoms with van der Waals surface area (Å²) >= 11 is 7.32. The summed E-state index contributed by atoms with van der Waals surface area (Å²) in [5.74, 6) is -0.0235. The van der Waals surface area contributed by atoms with E-state index < -0.39 is 0 Å². The predicted octanol–water partition coefficient (Wildman–Crippen LogP) is 2.46. The number of amides is 1. The van der Waals surface area contributed by atoms with Crippen LogP contribution in [0.3, 0.4) is 0 Å². The molecule has 0 aliphatic heterocycles. The number of halogens is 1. The minimum Gasteiger partial charge on any atom is -0.394 e. The van der Waals surface area contributed by atoms with Crippen molar-refractivity contribution < 1.29 is 9.90 Å². The second-order valence-electron chi connectivity index (χ2n) is 4.07. The van der Waals surface area contributed by atoms with Gasteiger partial charge in [0.1, 0.15) is 4.88 Å². The fraction of sp³-hybridized carbons (Fsp3) is 0.545. The SMILES string of the molecule is Cc1csc(C(=O)NC(CO)C(C)C)c1Cl. The van der Waals surface area contributed by atoms with Gasteiger partial charge in [-0.05, 0) is 23.8 Å². The Bertz CT molecular complexity index is 376. The third-order valence-corrected chi connectivity index (χ3v) is 4.12. The van der Waals surface area contributed by atoms with Crippen molar-refractivity contribution in [3.8, 4) is 0 Å². The van der Waals surface area contributed by atoms with Gasteiger partial charge in [0.15, 0.2) is 0 Å². The second-order valence-corrected chi connectivity index (χ2v) is 5.33. The highest BCUT2D eigenvalue weighted by Crippen LogP contribution is 2.27. The monoisotopic (exact) mass is 261 g/mol. The van der Waals surface area contributed by atoms with E-state index in [1.165, 1.54) is 11.3 Å². The van der Waals surface area contributed by atoms with Crippen molar-refractivity contribution in [1.82, 2.24) is 5.32 Å². The van der Waals surface area contributed by atoms with Gasteiger partial charge < -0.3 is 10.4 Å². The molecule has 16 heavy (non-hydrogen) atoms. The molecule has 5 heteroatoms. The summed E-state index contributed by atoms with van der Waals surface area (Å²) in [6.45, 7) is 5.69. The van der Waals surface area contributed by atoms with Crippen LogP contribution in [0.25, 0.3) is 0 Å². The van der Waals surface area contributed by atoms with E-state index in [1.807, 2.05) is 26.2 Å². The topological polar surface area (TPSA) is 49.3 Å². The van der Waals surface area contributed by atoms with Crippen molar-refractivity contribution in [2.24, 2.45) is 5.92 Å². The van der Waals surface area contributed by atoms with Crippen molar-refractivity contribution in [3.63, 3.8) is 0 Å². The van der Waals surface area contributed by atoms with Crippen molar-refractivity contribution in [1.29, 1.82) is 0 Å². The fourth-order valence-corrected chi connectivity index (χ4v) is 2.42. The molecule has 1 aromatic rings. The summed E-state index contributed by atoms with van der Waals surface area (Å²) in [5.41, 5.74) is 0.905. The fourth-order valence-electron chi connectivity index (χ4n) is 1.24. The zero-order valence-corrected chi connectivity index (χ0v) is 11.2. The summed E-state index contributed by atoms with van der Waals surface area (Å²) in [6, 6.07) is -0.231. The standard InChI is InChI=1S/C11H16ClNO2S/c1-6(2)8(4-14)13-11(15)10-9(12)7(3)5-16-10/h5-6,8,14H,4H2,1-3H3,(H,13,15). The number of carbonyl (C=O) groups is 1. The van der Waals surface area contributed by atoms with E-state index in [2.05, 4.69) is 5.32 Å². The van der Waals surface area contributed by atoms with Crippen LogP contribution in [0.1, 0.15) is 29.1 Å². The Morgan fingerprint density at radius 2 is 2.25 bits per heavy atom. The van der Waals surface area contributed by atoms with Crippen LogP contribution < -0.4 is 5.32 Å². The largest absolute Gasteiger partial charge is 0.394 e. The van der Waals surface area contributed by atoms with E-state index in [4.69, 9.17) is 16.7 Å². The number of aryl methyl sites for hydroxylation is 1. The molecule has 1 rings (SSSR count). The zero-order valence-electron chi connectivity index (χ0n) is 9.58. The Kier molecular flexibility index (Phi) is 4.77. The van der Waals surface area contributed by atoms with Crippen LogP contribution in [0.5, 0.6) is 0 Å². The lowest BCUT2D eigenvalue weighted by Gasteiger charge is -2.19. The smallest absolute Gasteiger partial charge is 0.263 e. The molecule has 1 unspecified atom stereocenters. The van der Waals surface area contributed by atoms with Crippen LogP contribution in [0.2, 0.25) is 5.02 Å². The van der Waals surface area contributed by atoms with Gasteiger partial charge in [-0.3, -0.25) is 4.79 Å². The first-order valence-electron chi connectivity index (χ1n) is 5.12. The quantitative estimate of drug-likeness (QED) is 0.875. The maximum Gasteiger partial charge on any atom is 0.263 e. The molecule has 1 atom stereocenters. The molecule has 0 saturated heterocycles. The summed E-state index contributed by atoms with van der Waals surface area (Å²) in [6.07, 6.45) is 0. The molecular weight excluding hydrogens is 246 g/mol. The minimum absolute atomic E-state index is 0.0641. The number of rotatable bonds is 4. The normalized spacial score (nSPS) is 12.9. The molecule has 0 spiro atoms. The predicted molar refractivity (Wildman–Crippen MR) is 67.2 cm³/mol. The minimum atomic E-state index is -0.231. The summed E-state index contributed by atoms with van der Waals surface area (Å²) in [4.78, 5) is 12.4. The third-order valence-electron chi connectivity index (χ3n) is 2.42. The van der Waals surface area contributed by atoms with E-state index in [-0.39, 0.29) is 24.5 Å².